The van der Waals surface area contributed by atoms with Gasteiger partial charge in [-0.25, -0.2) is 4.98 Å². The van der Waals surface area contributed by atoms with Crippen LogP contribution < -0.4 is 15.0 Å². The highest BCUT2D eigenvalue weighted by molar-refractivity contribution is 7.13. The summed E-state index contributed by atoms with van der Waals surface area (Å²) in [7, 11) is 0. The second kappa shape index (κ2) is 21.1. The number of likely N-dealkylation sites (tertiary alicyclic amines) is 3. The third-order valence-electron chi connectivity index (χ3n) is 15.7. The van der Waals surface area contributed by atoms with Gasteiger partial charge in [0.1, 0.15) is 24.3 Å². The second-order valence-electron chi connectivity index (χ2n) is 20.5. The Bertz CT molecular complexity index is 2590. The van der Waals surface area contributed by atoms with Crippen LogP contribution in [0.5, 0.6) is 11.6 Å². The number of nitrogens with one attached hydrogen (secondary N) is 1. The molecule has 16 nitrogen and oxygen atoms in total. The van der Waals surface area contributed by atoms with Crippen LogP contribution in [-0.4, -0.2) is 158 Å². The van der Waals surface area contributed by atoms with Gasteiger partial charge in [0.05, 0.1) is 45.3 Å². The van der Waals surface area contributed by atoms with E-state index in [1.54, 1.807) is 23.5 Å². The number of nitrogens with zero attached hydrogens (tertiary/aromatic N) is 9. The maximum Gasteiger partial charge on any atom is 0.254 e. The summed E-state index contributed by atoms with van der Waals surface area (Å²) in [6.07, 6.45) is 6.10. The number of phenolic OH excluding ortho intramolecular Hbond substituents is 1. The minimum absolute atomic E-state index is 0.0700. The van der Waals surface area contributed by atoms with Crippen molar-refractivity contribution in [3.63, 3.8) is 0 Å². The quantitative estimate of drug-likeness (QED) is 0.113. The number of hydrogen-bond acceptors (Lipinski definition) is 15. The zero-order valence-corrected chi connectivity index (χ0v) is 41.8. The van der Waals surface area contributed by atoms with Crippen LogP contribution in [0.2, 0.25) is 0 Å². The number of para-hydroxylation sites is 1. The number of benzene rings is 2. The van der Waals surface area contributed by atoms with E-state index in [1.807, 2.05) is 75.7 Å². The molecule has 5 aliphatic rings. The third-order valence-corrected chi connectivity index (χ3v) is 16.7. The highest BCUT2D eigenvalue weighted by Crippen LogP contribution is 2.38. The fraction of sp³-hybridized carbons (Fsp3) is 0.547. The zero-order chi connectivity index (χ0) is 48.5. The lowest BCUT2D eigenvalue weighted by Gasteiger charge is -2.50. The lowest BCUT2D eigenvalue weighted by Crippen LogP contribution is -2.59. The van der Waals surface area contributed by atoms with Crippen molar-refractivity contribution < 1.29 is 29.1 Å². The summed E-state index contributed by atoms with van der Waals surface area (Å²) >= 11 is 1.60. The van der Waals surface area contributed by atoms with Crippen LogP contribution in [-0.2, 0) is 16.0 Å². The summed E-state index contributed by atoms with van der Waals surface area (Å²) in [6.45, 7) is 16.6. The number of carbonyl (C=O) groups excluding carboxylic acids is 2. The van der Waals surface area contributed by atoms with Gasteiger partial charge in [0.25, 0.3) is 5.88 Å². The van der Waals surface area contributed by atoms with Crippen LogP contribution in [0.4, 0.5) is 5.69 Å². The predicted octanol–water partition coefficient (Wildman–Crippen LogP) is 6.29. The molecule has 0 bridgehead atoms. The number of phenols is 1. The lowest BCUT2D eigenvalue weighted by atomic mass is 9.91. The number of aromatic nitrogens is 4. The number of aromatic hydroxyl groups is 1. The molecule has 4 fully saturated rings. The maximum atomic E-state index is 14.3. The monoisotopic (exact) mass is 973 g/mol. The molecule has 70 heavy (non-hydrogen) atoms. The van der Waals surface area contributed by atoms with Gasteiger partial charge in [-0.1, -0.05) is 50.2 Å². The Morgan fingerprint density at radius 1 is 0.886 bits per heavy atom. The number of ether oxygens (including phenoxy) is 1. The summed E-state index contributed by atoms with van der Waals surface area (Å²) in [6, 6.07) is 19.9. The Morgan fingerprint density at radius 3 is 2.39 bits per heavy atom. The smallest absolute Gasteiger partial charge is 0.254 e. The molecule has 0 radical (unpaired) electrons. The number of piperidine rings is 2. The molecule has 0 saturated carbocycles. The van der Waals surface area contributed by atoms with Gasteiger partial charge in [-0.15, -0.1) is 16.4 Å². The van der Waals surface area contributed by atoms with Gasteiger partial charge in [0.15, 0.2) is 5.76 Å². The first-order chi connectivity index (χ1) is 34.0. The molecule has 4 saturated heterocycles. The van der Waals surface area contributed by atoms with Crippen LogP contribution >= 0.6 is 11.3 Å². The average molecular weight is 973 g/mol. The number of aryl methyl sites for hydroxylation is 2. The van der Waals surface area contributed by atoms with Gasteiger partial charge >= 0.3 is 0 Å². The number of aliphatic hydroxyl groups excluding tert-OH is 1. The summed E-state index contributed by atoms with van der Waals surface area (Å²) in [5, 5.41) is 37.6. The van der Waals surface area contributed by atoms with Crippen LogP contribution in [0.15, 0.2) is 70.7 Å². The molecule has 5 atom stereocenters. The molecule has 17 heteroatoms. The Labute approximate surface area is 415 Å². The van der Waals surface area contributed by atoms with Gasteiger partial charge in [0, 0.05) is 68.9 Å². The van der Waals surface area contributed by atoms with Gasteiger partial charge in [0.2, 0.25) is 11.8 Å². The fourth-order valence-corrected chi connectivity index (χ4v) is 12.6. The highest BCUT2D eigenvalue weighted by atomic mass is 32.1. The van der Waals surface area contributed by atoms with E-state index in [2.05, 4.69) is 51.3 Å². The van der Waals surface area contributed by atoms with Gasteiger partial charge in [-0.3, -0.25) is 19.4 Å². The molecule has 5 aromatic rings. The predicted molar refractivity (Wildman–Crippen MR) is 269 cm³/mol. The summed E-state index contributed by atoms with van der Waals surface area (Å²) in [5.74, 6) is -0.458. The van der Waals surface area contributed by atoms with Gasteiger partial charge in [-0.05, 0) is 119 Å². The van der Waals surface area contributed by atoms with E-state index < -0.39 is 18.1 Å². The number of fused-ring (bicyclic) bond motifs is 3. The molecular formula is C53H68N10O6S. The van der Waals surface area contributed by atoms with Crippen LogP contribution in [0.25, 0.3) is 21.7 Å². The van der Waals surface area contributed by atoms with Crippen molar-refractivity contribution in [2.45, 2.75) is 115 Å². The molecule has 372 valence electrons. The number of thiazole rings is 1. The second-order valence-corrected chi connectivity index (χ2v) is 21.3. The molecule has 3 aromatic heterocycles. The standard InChI is InChI=1S/C53H68N10O6S/c1-33(2)50(53(67)63-31-41(64)27-46(63)52(66)55-34(3)36-9-11-37(12-10-36)51-35(4)54-32-70-51)48-29-49(58-69-48)68-26-25-59-19-15-38(16-20-59)60-21-17-39(18-22-60)61-23-24-62-40(30-61)13-14-43-45(62)28-44(57-56-43)42-7-5-6-8-47(42)65/h5-12,28-29,32-34,38-41,46,50,64-65H,13-27,30-31H2,1-4H3,(H,55,66)/t34-,40-,41+,46-,50+/m0/s1. The number of rotatable bonds is 14. The normalized spacial score (nSPS) is 22.7. The zero-order valence-electron chi connectivity index (χ0n) is 41.0. The minimum Gasteiger partial charge on any atom is -0.507 e. The number of β-amino-alcohol motifs (C(OH)–C–C–N with tert-alkyl or cyclic N) is 1. The molecule has 10 rings (SSSR count). The number of piperazine rings is 1. The van der Waals surface area contributed by atoms with Gasteiger partial charge in [-0.2, -0.15) is 5.10 Å². The summed E-state index contributed by atoms with van der Waals surface area (Å²) in [4.78, 5) is 45.5. The lowest BCUT2D eigenvalue weighted by molar-refractivity contribution is -0.141. The van der Waals surface area contributed by atoms with Crippen LogP contribution in [0.1, 0.15) is 94.0 Å². The van der Waals surface area contributed by atoms with Crippen LogP contribution in [0.3, 0.4) is 0 Å². The van der Waals surface area contributed by atoms with Gasteiger partial charge < -0.3 is 39.5 Å². The highest BCUT2D eigenvalue weighted by Gasteiger charge is 2.44. The van der Waals surface area contributed by atoms with Crippen LogP contribution in [0, 0.1) is 12.8 Å². The molecule has 2 aromatic carbocycles. The molecule has 5 aliphatic heterocycles. The molecule has 0 spiro atoms. The average Bonchev–Trinajstić information content (AvgIpc) is 4.14. The van der Waals surface area contributed by atoms with Crippen molar-refractivity contribution in [3.8, 4) is 33.3 Å². The molecule has 8 heterocycles. The Hall–Kier alpha value is -5.46. The number of aliphatic hydroxyl groups is 1. The number of amides is 2. The fourth-order valence-electron chi connectivity index (χ4n) is 11.7. The molecule has 0 aliphatic carbocycles. The SMILES string of the molecule is Cc1ncsc1-c1ccc([C@H](C)NC(=O)[C@@H]2C[C@@H](O)CN2C(=O)[C@@H](c2cc(OCCN3CCC(N4CCC(N5CCN6c7cc(-c8ccccc8O)nnc7CC[C@H]6C5)CC4)CC3)no2)C(C)C)cc1. The van der Waals surface area contributed by atoms with Crippen molar-refractivity contribution in [2.75, 3.05) is 70.4 Å². The number of anilines is 1. The number of hydrogen-bond donors (Lipinski definition) is 3. The van der Waals surface area contributed by atoms with Crippen molar-refractivity contribution in [1.29, 1.82) is 0 Å². The minimum atomic E-state index is -0.812. The first kappa shape index (κ1) is 48.2. The largest absolute Gasteiger partial charge is 0.507 e. The van der Waals surface area contributed by atoms with E-state index >= 15 is 0 Å². The maximum absolute atomic E-state index is 14.3. The topological polar surface area (TPSA) is 177 Å². The van der Waals surface area contributed by atoms with E-state index in [1.165, 1.54) is 23.4 Å². The molecule has 0 unspecified atom stereocenters. The Balaban J connectivity index is 0.656. The van der Waals surface area contributed by atoms with E-state index in [0.717, 1.165) is 117 Å². The van der Waals surface area contributed by atoms with Crippen molar-refractivity contribution in [3.05, 3.63) is 88.9 Å². The number of carbonyl (C=O) groups is 2. The van der Waals surface area contributed by atoms with E-state index in [0.29, 0.717) is 36.4 Å². The third kappa shape index (κ3) is 10.3. The van der Waals surface area contributed by atoms with E-state index in [4.69, 9.17) is 9.26 Å². The summed E-state index contributed by atoms with van der Waals surface area (Å²) < 4.78 is 11.9. The van der Waals surface area contributed by atoms with Crippen molar-refractivity contribution >= 4 is 28.8 Å². The van der Waals surface area contributed by atoms with Crippen molar-refractivity contribution in [1.82, 2.24) is 45.3 Å². The first-order valence-corrected chi connectivity index (χ1v) is 26.4. The Morgan fingerprint density at radius 2 is 1.64 bits per heavy atom. The Kier molecular flexibility index (Phi) is 14.5. The van der Waals surface area contributed by atoms with E-state index in [9.17, 15) is 19.8 Å². The first-order valence-electron chi connectivity index (χ1n) is 25.5. The molecule has 3 N–H and O–H groups in total. The molecule has 2 amide bonds. The molecular weight excluding hydrogens is 905 g/mol. The van der Waals surface area contributed by atoms with Crippen molar-refractivity contribution in [2.24, 2.45) is 5.92 Å². The van der Waals surface area contributed by atoms with E-state index in [-0.39, 0.29) is 42.5 Å². The summed E-state index contributed by atoms with van der Waals surface area (Å²) in [5.41, 5.74) is 8.54.